The van der Waals surface area contributed by atoms with Crippen LogP contribution in [0.25, 0.3) is 0 Å². The number of rotatable bonds is 4. The molecule has 0 spiro atoms. The molecule has 1 aromatic rings. The lowest BCUT2D eigenvalue weighted by Gasteiger charge is -2.42. The molecule has 0 saturated carbocycles. The lowest BCUT2D eigenvalue weighted by Crippen LogP contribution is -2.50. The van der Waals surface area contributed by atoms with E-state index in [9.17, 15) is 14.0 Å². The Kier molecular flexibility index (Phi) is 5.31. The van der Waals surface area contributed by atoms with Crippen LogP contribution >= 0.6 is 0 Å². The van der Waals surface area contributed by atoms with Gasteiger partial charge in [-0.3, -0.25) is 0 Å². The largest absolute Gasteiger partial charge is 0.395 e. The summed E-state index contributed by atoms with van der Waals surface area (Å²) in [7, 11) is 0. The summed E-state index contributed by atoms with van der Waals surface area (Å²) in [5, 5.41) is 9.08. The fraction of sp³-hybridized carbons (Fsp3) is 0.556. The Morgan fingerprint density at radius 3 is 2.77 bits per heavy atom. The van der Waals surface area contributed by atoms with E-state index in [0.717, 1.165) is 11.1 Å². The summed E-state index contributed by atoms with van der Waals surface area (Å²) in [6.45, 7) is 3.73. The molecule has 26 heavy (non-hydrogen) atoms. The summed E-state index contributed by atoms with van der Waals surface area (Å²) >= 11 is 0. The number of aliphatic hydroxyl groups is 1. The number of halogens is 1. The summed E-state index contributed by atoms with van der Waals surface area (Å²) in [4.78, 5) is 29.5. The topological polar surface area (TPSA) is 90.1 Å². The van der Waals surface area contributed by atoms with Gasteiger partial charge in [0.15, 0.2) is 0 Å². The van der Waals surface area contributed by atoms with Gasteiger partial charge >= 0.3 is 12.1 Å². The zero-order chi connectivity index (χ0) is 18.8. The Hall–Kier alpha value is -2.35. The van der Waals surface area contributed by atoms with Crippen molar-refractivity contribution in [1.82, 2.24) is 14.7 Å². The fourth-order valence-corrected chi connectivity index (χ4v) is 4.07. The van der Waals surface area contributed by atoms with E-state index in [2.05, 4.69) is 0 Å². The van der Waals surface area contributed by atoms with Crippen LogP contribution < -0.4 is 5.73 Å². The van der Waals surface area contributed by atoms with Gasteiger partial charge in [-0.15, -0.1) is 0 Å². The monoisotopic (exact) mass is 364 g/mol. The number of aliphatic hydroxyl groups excluding tert-OH is 1. The van der Waals surface area contributed by atoms with E-state index >= 15 is 0 Å². The van der Waals surface area contributed by atoms with Crippen molar-refractivity contribution >= 4 is 12.1 Å². The molecule has 4 amide bonds. The third-order valence-corrected chi connectivity index (χ3v) is 5.39. The first-order chi connectivity index (χ1) is 12.4. The van der Waals surface area contributed by atoms with Gasteiger partial charge in [-0.05, 0) is 43.0 Å². The van der Waals surface area contributed by atoms with E-state index in [4.69, 9.17) is 10.8 Å². The highest BCUT2D eigenvalue weighted by Crippen LogP contribution is 2.35. The fourth-order valence-electron chi connectivity index (χ4n) is 4.07. The van der Waals surface area contributed by atoms with E-state index in [0.29, 0.717) is 39.0 Å². The molecule has 2 atom stereocenters. The lowest BCUT2D eigenvalue weighted by molar-refractivity contribution is 0.104. The van der Waals surface area contributed by atoms with Crippen molar-refractivity contribution in [3.8, 4) is 0 Å². The lowest BCUT2D eigenvalue weighted by atomic mass is 9.89. The number of carbonyl (C=O) groups excluding carboxylic acids is 2. The summed E-state index contributed by atoms with van der Waals surface area (Å²) in [5.74, 6) is -0.321. The first-order valence-corrected chi connectivity index (χ1v) is 8.91. The molecule has 2 saturated heterocycles. The molecule has 142 valence electrons. The smallest absolute Gasteiger partial charge is 0.320 e. The van der Waals surface area contributed by atoms with Crippen LogP contribution in [0.15, 0.2) is 18.2 Å². The van der Waals surface area contributed by atoms with Gasteiger partial charge in [0.05, 0.1) is 12.6 Å². The van der Waals surface area contributed by atoms with E-state index in [-0.39, 0.29) is 30.5 Å². The molecule has 2 aliphatic rings. The highest BCUT2D eigenvalue weighted by molar-refractivity contribution is 5.77. The summed E-state index contributed by atoms with van der Waals surface area (Å²) in [6, 6.07) is 3.63. The number of piperidine rings is 1. The average molecular weight is 364 g/mol. The quantitative estimate of drug-likeness (QED) is 0.847. The summed E-state index contributed by atoms with van der Waals surface area (Å²) in [6.07, 6.45) is 1.21. The Morgan fingerprint density at radius 2 is 2.12 bits per heavy atom. The molecule has 0 aromatic heterocycles. The molecule has 3 N–H and O–H groups in total. The number of nitrogens with two attached hydrogens (primary N) is 1. The average Bonchev–Trinajstić information content (AvgIpc) is 2.95. The van der Waals surface area contributed by atoms with E-state index in [1.165, 1.54) is 12.1 Å². The molecular weight excluding hydrogens is 339 g/mol. The van der Waals surface area contributed by atoms with Crippen LogP contribution in [0.4, 0.5) is 14.0 Å². The molecule has 8 heteroatoms. The first kappa shape index (κ1) is 18.4. The van der Waals surface area contributed by atoms with Gasteiger partial charge in [0.2, 0.25) is 0 Å². The number of β-amino-alcohol motifs (C(OH)–C–C–N with tert-alkyl or cyclic N) is 1. The third-order valence-electron chi connectivity index (χ3n) is 5.39. The number of hydrogen-bond acceptors (Lipinski definition) is 3. The molecule has 0 aliphatic carbocycles. The van der Waals surface area contributed by atoms with Crippen LogP contribution in [-0.4, -0.2) is 70.7 Å². The number of nitrogens with zero attached hydrogens (tertiary/aromatic N) is 3. The van der Waals surface area contributed by atoms with Crippen molar-refractivity contribution in [2.45, 2.75) is 31.8 Å². The number of urea groups is 2. The molecule has 2 aliphatic heterocycles. The second kappa shape index (κ2) is 7.49. The molecule has 0 bridgehead atoms. The van der Waals surface area contributed by atoms with Gasteiger partial charge < -0.3 is 25.5 Å². The van der Waals surface area contributed by atoms with Crippen molar-refractivity contribution < 1.29 is 19.1 Å². The first-order valence-electron chi connectivity index (χ1n) is 8.91. The van der Waals surface area contributed by atoms with Crippen molar-refractivity contribution in [2.24, 2.45) is 5.73 Å². The summed E-state index contributed by atoms with van der Waals surface area (Å²) < 4.78 is 13.5. The zero-order valence-electron chi connectivity index (χ0n) is 14.9. The van der Waals surface area contributed by atoms with Gasteiger partial charge in [0.25, 0.3) is 0 Å². The third kappa shape index (κ3) is 3.46. The Labute approximate surface area is 152 Å². The second-order valence-electron chi connectivity index (χ2n) is 6.91. The van der Waals surface area contributed by atoms with Crippen molar-refractivity contribution in [3.63, 3.8) is 0 Å². The number of hydrogen-bond donors (Lipinski definition) is 2. The van der Waals surface area contributed by atoms with Crippen molar-refractivity contribution in [2.75, 3.05) is 32.8 Å². The van der Waals surface area contributed by atoms with E-state index in [1.54, 1.807) is 15.9 Å². The molecule has 2 fully saturated rings. The number of primary amides is 1. The van der Waals surface area contributed by atoms with Gasteiger partial charge in [0.1, 0.15) is 5.82 Å². The Bertz CT molecular complexity index is 699. The number of benzene rings is 1. The van der Waals surface area contributed by atoms with E-state index < -0.39 is 6.03 Å². The SMILES string of the molecule is Cc1cc(F)ccc1C1CC(N2CCN(CCO)C2=O)CCN1C(N)=O. The molecule has 3 rings (SSSR count). The van der Waals surface area contributed by atoms with Crippen molar-refractivity contribution in [1.29, 1.82) is 0 Å². The minimum absolute atomic E-state index is 0.0174. The Balaban J connectivity index is 1.82. The van der Waals surface area contributed by atoms with Gasteiger partial charge in [0, 0.05) is 32.2 Å². The maximum Gasteiger partial charge on any atom is 0.320 e. The number of aryl methyl sites for hydroxylation is 1. The number of likely N-dealkylation sites (tertiary alicyclic amines) is 1. The minimum Gasteiger partial charge on any atom is -0.395 e. The number of carbonyl (C=O) groups is 2. The van der Waals surface area contributed by atoms with Crippen LogP contribution in [0.1, 0.15) is 30.0 Å². The van der Waals surface area contributed by atoms with Gasteiger partial charge in [-0.1, -0.05) is 6.07 Å². The van der Waals surface area contributed by atoms with Crippen molar-refractivity contribution in [3.05, 3.63) is 35.1 Å². The predicted molar refractivity (Wildman–Crippen MR) is 94.0 cm³/mol. The standard InChI is InChI=1S/C18H25FN4O3/c1-12-10-13(19)2-3-15(12)16-11-14(4-5-23(16)17(20)25)22-7-6-21(8-9-24)18(22)26/h2-3,10,14,16,24H,4-9,11H2,1H3,(H2,20,25). The van der Waals surface area contributed by atoms with Crippen LogP contribution in [-0.2, 0) is 0 Å². The summed E-state index contributed by atoms with van der Waals surface area (Å²) in [5.41, 5.74) is 7.18. The molecule has 1 aromatic carbocycles. The van der Waals surface area contributed by atoms with Gasteiger partial charge in [-0.25, -0.2) is 14.0 Å². The molecule has 2 unspecified atom stereocenters. The normalized spacial score (nSPS) is 23.7. The molecule has 7 nitrogen and oxygen atoms in total. The maximum absolute atomic E-state index is 13.5. The molecular formula is C18H25FN4O3. The number of amides is 4. The van der Waals surface area contributed by atoms with E-state index in [1.807, 2.05) is 11.8 Å². The van der Waals surface area contributed by atoms with Crippen LogP contribution in [0.2, 0.25) is 0 Å². The molecule has 0 radical (unpaired) electrons. The second-order valence-corrected chi connectivity index (χ2v) is 6.91. The Morgan fingerprint density at radius 1 is 1.35 bits per heavy atom. The van der Waals surface area contributed by atoms with Crippen LogP contribution in [0.5, 0.6) is 0 Å². The predicted octanol–water partition coefficient (Wildman–Crippen LogP) is 1.45. The minimum atomic E-state index is -0.508. The van der Waals surface area contributed by atoms with Gasteiger partial charge in [-0.2, -0.15) is 0 Å². The maximum atomic E-state index is 13.5. The van der Waals surface area contributed by atoms with Crippen LogP contribution in [0.3, 0.4) is 0 Å². The van der Waals surface area contributed by atoms with Crippen LogP contribution in [0, 0.1) is 12.7 Å². The highest BCUT2D eigenvalue weighted by atomic mass is 19.1. The highest BCUT2D eigenvalue weighted by Gasteiger charge is 2.39. The zero-order valence-corrected chi connectivity index (χ0v) is 14.9. The molecule has 2 heterocycles.